The summed E-state index contributed by atoms with van der Waals surface area (Å²) in [6.07, 6.45) is 7.23. The first-order chi connectivity index (χ1) is 7.68. The van der Waals surface area contributed by atoms with Crippen LogP contribution in [0.4, 0.5) is 0 Å². The molecule has 1 aliphatic carbocycles. The molecule has 1 fully saturated rings. The molecule has 90 valence electrons. The number of nitrogens with one attached hydrogen (secondary N) is 1. The maximum atomic E-state index is 9.79. The zero-order valence-corrected chi connectivity index (χ0v) is 9.89. The quantitative estimate of drug-likeness (QED) is 0.757. The van der Waals surface area contributed by atoms with Crippen LogP contribution in [0.5, 0.6) is 0 Å². The van der Waals surface area contributed by atoms with Gasteiger partial charge in [0, 0.05) is 25.5 Å². The normalized spacial score (nSPS) is 20.4. The van der Waals surface area contributed by atoms with Crippen molar-refractivity contribution in [1.29, 1.82) is 0 Å². The van der Waals surface area contributed by atoms with E-state index in [1.807, 2.05) is 12.3 Å². The van der Waals surface area contributed by atoms with Crippen molar-refractivity contribution in [3.05, 3.63) is 18.5 Å². The van der Waals surface area contributed by atoms with E-state index < -0.39 is 0 Å². The topological polar surface area (TPSA) is 50.1 Å². The van der Waals surface area contributed by atoms with Crippen molar-refractivity contribution in [3.8, 4) is 0 Å². The number of hydrogen-bond donors (Lipinski definition) is 2. The van der Waals surface area contributed by atoms with Crippen molar-refractivity contribution in [3.63, 3.8) is 0 Å². The number of rotatable bonds is 6. The van der Waals surface area contributed by atoms with Gasteiger partial charge in [-0.05, 0) is 24.3 Å². The molecule has 4 heteroatoms. The van der Waals surface area contributed by atoms with Gasteiger partial charge in [0.2, 0.25) is 0 Å². The summed E-state index contributed by atoms with van der Waals surface area (Å²) in [6, 6.07) is 1.87. The summed E-state index contributed by atoms with van der Waals surface area (Å²) in [5, 5.41) is 17.2. The number of aliphatic hydroxyl groups is 1. The Labute approximate surface area is 96.7 Å². The van der Waals surface area contributed by atoms with Crippen LogP contribution in [0.15, 0.2) is 18.5 Å². The second-order valence-electron chi connectivity index (χ2n) is 5.18. The Bertz CT molecular complexity index is 306. The smallest absolute Gasteiger partial charge is 0.0860 e. The Hall–Kier alpha value is -0.870. The van der Waals surface area contributed by atoms with Gasteiger partial charge in [0.25, 0.3) is 0 Å². The van der Waals surface area contributed by atoms with Gasteiger partial charge >= 0.3 is 0 Å². The molecule has 0 amide bonds. The Morgan fingerprint density at radius 3 is 2.94 bits per heavy atom. The van der Waals surface area contributed by atoms with Crippen molar-refractivity contribution >= 4 is 0 Å². The van der Waals surface area contributed by atoms with Crippen molar-refractivity contribution in [1.82, 2.24) is 15.1 Å². The molecule has 0 saturated heterocycles. The zero-order chi connectivity index (χ0) is 11.4. The van der Waals surface area contributed by atoms with Crippen LogP contribution in [-0.4, -0.2) is 34.1 Å². The van der Waals surface area contributed by atoms with Gasteiger partial charge in [-0.25, -0.2) is 0 Å². The monoisotopic (exact) mass is 223 g/mol. The van der Waals surface area contributed by atoms with E-state index >= 15 is 0 Å². The van der Waals surface area contributed by atoms with Crippen LogP contribution in [-0.2, 0) is 6.54 Å². The molecule has 0 aliphatic heterocycles. The van der Waals surface area contributed by atoms with Gasteiger partial charge in [0.05, 0.1) is 12.6 Å². The summed E-state index contributed by atoms with van der Waals surface area (Å²) >= 11 is 0. The molecule has 2 N–H and O–H groups in total. The third-order valence-electron chi connectivity index (χ3n) is 3.45. The SMILES string of the molecule is CC1(CNCC(O)Cn2cccn2)CCC1. The highest BCUT2D eigenvalue weighted by atomic mass is 16.3. The van der Waals surface area contributed by atoms with Crippen molar-refractivity contribution in [2.75, 3.05) is 13.1 Å². The van der Waals surface area contributed by atoms with Crippen LogP contribution < -0.4 is 5.32 Å². The number of nitrogens with zero attached hydrogens (tertiary/aromatic N) is 2. The van der Waals surface area contributed by atoms with E-state index in [1.54, 1.807) is 10.9 Å². The molecular formula is C12H21N3O. The standard InChI is InChI=1S/C12H21N3O/c1-12(4-2-5-12)10-13-8-11(16)9-15-7-3-6-14-15/h3,6-7,11,13,16H,2,4-5,8-10H2,1H3. The summed E-state index contributed by atoms with van der Waals surface area (Å²) in [5.74, 6) is 0. The maximum Gasteiger partial charge on any atom is 0.0860 e. The Kier molecular flexibility index (Phi) is 3.61. The van der Waals surface area contributed by atoms with Crippen LogP contribution in [0.25, 0.3) is 0 Å². The van der Waals surface area contributed by atoms with Gasteiger partial charge in [0.15, 0.2) is 0 Å². The maximum absolute atomic E-state index is 9.79. The lowest BCUT2D eigenvalue weighted by Gasteiger charge is -2.38. The highest BCUT2D eigenvalue weighted by Gasteiger charge is 2.31. The molecule has 0 radical (unpaired) electrons. The lowest BCUT2D eigenvalue weighted by Crippen LogP contribution is -2.40. The molecule has 1 aromatic rings. The van der Waals surface area contributed by atoms with Gasteiger partial charge in [0.1, 0.15) is 0 Å². The molecule has 2 rings (SSSR count). The van der Waals surface area contributed by atoms with Gasteiger partial charge in [-0.15, -0.1) is 0 Å². The zero-order valence-electron chi connectivity index (χ0n) is 9.89. The van der Waals surface area contributed by atoms with Crippen molar-refractivity contribution in [2.24, 2.45) is 5.41 Å². The molecule has 1 unspecified atom stereocenters. The van der Waals surface area contributed by atoms with E-state index in [4.69, 9.17) is 0 Å². The largest absolute Gasteiger partial charge is 0.390 e. The molecule has 0 aromatic carbocycles. The second kappa shape index (κ2) is 4.97. The minimum Gasteiger partial charge on any atom is -0.390 e. The Morgan fingerprint density at radius 2 is 2.38 bits per heavy atom. The molecule has 0 spiro atoms. The van der Waals surface area contributed by atoms with Crippen LogP contribution in [0, 0.1) is 5.41 Å². The van der Waals surface area contributed by atoms with Gasteiger partial charge < -0.3 is 10.4 Å². The second-order valence-corrected chi connectivity index (χ2v) is 5.18. The fraction of sp³-hybridized carbons (Fsp3) is 0.750. The summed E-state index contributed by atoms with van der Waals surface area (Å²) in [5.41, 5.74) is 0.478. The fourth-order valence-electron chi connectivity index (χ4n) is 2.19. The van der Waals surface area contributed by atoms with E-state index in [-0.39, 0.29) is 6.10 Å². The minimum absolute atomic E-state index is 0.358. The first-order valence-corrected chi connectivity index (χ1v) is 6.04. The van der Waals surface area contributed by atoms with Gasteiger partial charge in [-0.3, -0.25) is 4.68 Å². The Balaban J connectivity index is 1.62. The summed E-state index contributed by atoms with van der Waals surface area (Å²) < 4.78 is 1.76. The molecule has 1 aliphatic rings. The average molecular weight is 223 g/mol. The lowest BCUT2D eigenvalue weighted by molar-refractivity contribution is 0.121. The molecule has 1 aromatic heterocycles. The van der Waals surface area contributed by atoms with E-state index in [1.165, 1.54) is 19.3 Å². The van der Waals surface area contributed by atoms with E-state index in [0.717, 1.165) is 6.54 Å². The fourth-order valence-corrected chi connectivity index (χ4v) is 2.19. The molecular weight excluding hydrogens is 202 g/mol. The first kappa shape index (κ1) is 11.6. The molecule has 1 heterocycles. The van der Waals surface area contributed by atoms with Crippen LogP contribution in [0.1, 0.15) is 26.2 Å². The van der Waals surface area contributed by atoms with Crippen LogP contribution in [0.3, 0.4) is 0 Å². The highest BCUT2D eigenvalue weighted by Crippen LogP contribution is 2.39. The first-order valence-electron chi connectivity index (χ1n) is 6.04. The van der Waals surface area contributed by atoms with Crippen LogP contribution in [0.2, 0.25) is 0 Å². The number of aliphatic hydroxyl groups excluding tert-OH is 1. The minimum atomic E-state index is -0.358. The summed E-state index contributed by atoms with van der Waals surface area (Å²) in [6.45, 7) is 4.54. The van der Waals surface area contributed by atoms with Gasteiger partial charge in [-0.1, -0.05) is 13.3 Å². The van der Waals surface area contributed by atoms with Crippen molar-refractivity contribution in [2.45, 2.75) is 38.8 Å². The predicted molar refractivity (Wildman–Crippen MR) is 63.1 cm³/mol. The number of aromatic nitrogens is 2. The summed E-state index contributed by atoms with van der Waals surface area (Å²) in [4.78, 5) is 0. The highest BCUT2D eigenvalue weighted by molar-refractivity contribution is 4.85. The molecule has 1 saturated carbocycles. The Morgan fingerprint density at radius 1 is 1.56 bits per heavy atom. The van der Waals surface area contributed by atoms with Crippen molar-refractivity contribution < 1.29 is 5.11 Å². The third kappa shape index (κ3) is 3.06. The lowest BCUT2D eigenvalue weighted by atomic mass is 9.70. The summed E-state index contributed by atoms with van der Waals surface area (Å²) in [7, 11) is 0. The van der Waals surface area contributed by atoms with E-state index in [2.05, 4.69) is 17.3 Å². The van der Waals surface area contributed by atoms with E-state index in [0.29, 0.717) is 18.5 Å². The van der Waals surface area contributed by atoms with E-state index in [9.17, 15) is 5.11 Å². The number of hydrogen-bond acceptors (Lipinski definition) is 3. The predicted octanol–water partition coefficient (Wildman–Crippen LogP) is 1.02. The third-order valence-corrected chi connectivity index (χ3v) is 3.45. The molecule has 16 heavy (non-hydrogen) atoms. The molecule has 0 bridgehead atoms. The van der Waals surface area contributed by atoms with Gasteiger partial charge in [-0.2, -0.15) is 5.10 Å². The van der Waals surface area contributed by atoms with Crippen LogP contribution >= 0.6 is 0 Å². The molecule has 1 atom stereocenters. The average Bonchev–Trinajstić information content (AvgIpc) is 2.68. The molecule has 4 nitrogen and oxygen atoms in total.